The van der Waals surface area contributed by atoms with Crippen LogP contribution in [0.5, 0.6) is 0 Å². The minimum absolute atomic E-state index is 0.194. The first-order valence-corrected chi connectivity index (χ1v) is 11.8. The first-order valence-electron chi connectivity index (χ1n) is 10.8. The molecule has 1 amide bonds. The van der Waals surface area contributed by atoms with E-state index in [1.165, 1.54) is 30.2 Å². The Morgan fingerprint density at radius 3 is 2.30 bits per heavy atom. The van der Waals surface area contributed by atoms with E-state index in [0.717, 1.165) is 54.6 Å². The molecule has 0 bridgehead atoms. The van der Waals surface area contributed by atoms with E-state index in [1.807, 2.05) is 35.2 Å². The van der Waals surface area contributed by atoms with Gasteiger partial charge >= 0.3 is 0 Å². The Morgan fingerprint density at radius 1 is 0.933 bits per heavy atom. The van der Waals surface area contributed by atoms with Gasteiger partial charge in [0.15, 0.2) is 11.0 Å². The van der Waals surface area contributed by atoms with Crippen molar-refractivity contribution in [1.29, 1.82) is 0 Å². The number of amides is 1. The van der Waals surface area contributed by atoms with E-state index in [4.69, 9.17) is 0 Å². The lowest BCUT2D eigenvalue weighted by molar-refractivity contribution is -0.128. The van der Waals surface area contributed by atoms with E-state index in [1.54, 1.807) is 0 Å². The highest BCUT2D eigenvalue weighted by atomic mass is 32.2. The Hall–Kier alpha value is -2.60. The summed E-state index contributed by atoms with van der Waals surface area (Å²) in [5.74, 6) is 1.38. The molecule has 0 N–H and O–H groups in total. The quantitative estimate of drug-likeness (QED) is 0.527. The van der Waals surface area contributed by atoms with E-state index >= 15 is 0 Å². The van der Waals surface area contributed by atoms with Crippen molar-refractivity contribution < 1.29 is 4.79 Å². The molecule has 1 aliphatic rings. The molecule has 0 saturated carbocycles. The minimum atomic E-state index is 0.194. The van der Waals surface area contributed by atoms with Crippen molar-refractivity contribution in [2.75, 3.05) is 18.8 Å². The van der Waals surface area contributed by atoms with Crippen LogP contribution in [0.4, 0.5) is 0 Å². The van der Waals surface area contributed by atoms with Crippen LogP contribution < -0.4 is 0 Å². The lowest BCUT2D eigenvalue weighted by atomic mass is 10.1. The summed E-state index contributed by atoms with van der Waals surface area (Å²) < 4.78 is 2.06. The van der Waals surface area contributed by atoms with Gasteiger partial charge in [0.1, 0.15) is 0 Å². The number of aryl methyl sites for hydroxylation is 1. The third kappa shape index (κ3) is 4.75. The molecule has 1 fully saturated rings. The van der Waals surface area contributed by atoms with Gasteiger partial charge in [0.05, 0.1) is 5.75 Å². The Bertz CT molecular complexity index is 961. The Balaban J connectivity index is 1.60. The van der Waals surface area contributed by atoms with Crippen LogP contribution in [-0.2, 0) is 11.2 Å². The monoisotopic (exact) mass is 420 g/mol. The Morgan fingerprint density at radius 2 is 1.63 bits per heavy atom. The van der Waals surface area contributed by atoms with Gasteiger partial charge in [-0.1, -0.05) is 74.0 Å². The van der Waals surface area contributed by atoms with Crippen LogP contribution in [0, 0.1) is 0 Å². The van der Waals surface area contributed by atoms with Gasteiger partial charge in [0, 0.05) is 24.3 Å². The maximum Gasteiger partial charge on any atom is 0.233 e. The first kappa shape index (κ1) is 20.7. The molecule has 30 heavy (non-hydrogen) atoms. The topological polar surface area (TPSA) is 51.0 Å². The van der Waals surface area contributed by atoms with Crippen molar-refractivity contribution in [3.05, 3.63) is 60.2 Å². The lowest BCUT2D eigenvalue weighted by Gasteiger charge is -2.20. The molecular weight excluding hydrogens is 392 g/mol. The van der Waals surface area contributed by atoms with Gasteiger partial charge in [0.2, 0.25) is 5.91 Å². The van der Waals surface area contributed by atoms with Crippen molar-refractivity contribution in [3.63, 3.8) is 0 Å². The summed E-state index contributed by atoms with van der Waals surface area (Å²) in [5.41, 5.74) is 3.31. The molecule has 1 aromatic heterocycles. The highest BCUT2D eigenvalue weighted by molar-refractivity contribution is 7.99. The fraction of sp³-hybridized carbons (Fsp3) is 0.375. The van der Waals surface area contributed by atoms with Crippen molar-refractivity contribution in [3.8, 4) is 17.1 Å². The summed E-state index contributed by atoms with van der Waals surface area (Å²) in [5, 5.41) is 9.68. The average molecular weight is 421 g/mol. The first-order chi connectivity index (χ1) is 14.8. The van der Waals surface area contributed by atoms with Crippen LogP contribution in [0.1, 0.15) is 38.2 Å². The van der Waals surface area contributed by atoms with Crippen molar-refractivity contribution in [2.45, 2.75) is 44.2 Å². The molecule has 0 atom stereocenters. The Kier molecular flexibility index (Phi) is 6.84. The third-order valence-corrected chi connectivity index (χ3v) is 6.47. The second-order valence-electron chi connectivity index (χ2n) is 7.61. The number of aromatic nitrogens is 3. The zero-order valence-electron chi connectivity index (χ0n) is 17.5. The number of rotatable bonds is 6. The predicted molar refractivity (Wildman–Crippen MR) is 122 cm³/mol. The normalized spacial score (nSPS) is 14.5. The van der Waals surface area contributed by atoms with Crippen molar-refractivity contribution in [1.82, 2.24) is 19.7 Å². The summed E-state index contributed by atoms with van der Waals surface area (Å²) in [6.45, 7) is 3.90. The maximum absolute atomic E-state index is 12.8. The molecule has 1 saturated heterocycles. The van der Waals surface area contributed by atoms with E-state index in [2.05, 4.69) is 46.0 Å². The molecular formula is C24H28N4OS. The number of likely N-dealkylation sites (tertiary alicyclic amines) is 1. The number of hydrogen-bond donors (Lipinski definition) is 0. The number of carbonyl (C=O) groups excluding carboxylic acids is 1. The number of nitrogens with zero attached hydrogens (tertiary/aromatic N) is 4. The van der Waals surface area contributed by atoms with Gasteiger partial charge in [-0.15, -0.1) is 10.2 Å². The van der Waals surface area contributed by atoms with Gasteiger partial charge in [-0.05, 0) is 37.0 Å². The molecule has 156 valence electrons. The number of hydrogen-bond acceptors (Lipinski definition) is 4. The second kappa shape index (κ2) is 9.94. The molecule has 2 aromatic carbocycles. The number of carbonyl (C=O) groups is 1. The number of thioether (sulfide) groups is 1. The van der Waals surface area contributed by atoms with Gasteiger partial charge in [-0.2, -0.15) is 0 Å². The number of benzene rings is 2. The fourth-order valence-electron chi connectivity index (χ4n) is 3.79. The highest BCUT2D eigenvalue weighted by Crippen LogP contribution is 2.28. The summed E-state index contributed by atoms with van der Waals surface area (Å²) in [6.07, 6.45) is 5.65. The molecule has 6 heteroatoms. The van der Waals surface area contributed by atoms with Crippen LogP contribution in [0.25, 0.3) is 17.1 Å². The minimum Gasteiger partial charge on any atom is -0.342 e. The fourth-order valence-corrected chi connectivity index (χ4v) is 4.64. The second-order valence-corrected chi connectivity index (χ2v) is 8.55. The van der Waals surface area contributed by atoms with Gasteiger partial charge in [0.25, 0.3) is 0 Å². The smallest absolute Gasteiger partial charge is 0.233 e. The van der Waals surface area contributed by atoms with Crippen LogP contribution in [0.15, 0.2) is 59.8 Å². The SMILES string of the molecule is CCc1ccc(-n2c(SCC(=O)N3CCCCCC3)nnc2-c2ccccc2)cc1. The molecule has 0 radical (unpaired) electrons. The van der Waals surface area contributed by atoms with Crippen LogP contribution in [0.3, 0.4) is 0 Å². The molecule has 0 aliphatic carbocycles. The zero-order chi connectivity index (χ0) is 20.8. The molecule has 0 unspecified atom stereocenters. The zero-order valence-corrected chi connectivity index (χ0v) is 18.3. The van der Waals surface area contributed by atoms with E-state index in [-0.39, 0.29) is 5.91 Å². The van der Waals surface area contributed by atoms with Gasteiger partial charge < -0.3 is 4.90 Å². The maximum atomic E-state index is 12.8. The molecule has 0 spiro atoms. The molecule has 1 aliphatic heterocycles. The van der Waals surface area contributed by atoms with Crippen molar-refractivity contribution in [2.24, 2.45) is 0 Å². The van der Waals surface area contributed by atoms with E-state index < -0.39 is 0 Å². The molecule has 3 aromatic rings. The van der Waals surface area contributed by atoms with E-state index in [9.17, 15) is 4.79 Å². The molecule has 4 rings (SSSR count). The van der Waals surface area contributed by atoms with E-state index in [0.29, 0.717) is 5.75 Å². The summed E-state index contributed by atoms with van der Waals surface area (Å²) in [7, 11) is 0. The third-order valence-electron chi connectivity index (χ3n) is 5.55. The van der Waals surface area contributed by atoms with Crippen LogP contribution >= 0.6 is 11.8 Å². The average Bonchev–Trinajstić information content (AvgIpc) is 3.02. The Labute approximate surface area is 182 Å². The predicted octanol–water partition coefficient (Wildman–Crippen LogP) is 4.99. The molecule has 2 heterocycles. The largest absolute Gasteiger partial charge is 0.342 e. The summed E-state index contributed by atoms with van der Waals surface area (Å²) in [6, 6.07) is 18.6. The van der Waals surface area contributed by atoms with Crippen molar-refractivity contribution >= 4 is 17.7 Å². The lowest BCUT2D eigenvalue weighted by Crippen LogP contribution is -2.33. The molecule has 5 nitrogen and oxygen atoms in total. The highest BCUT2D eigenvalue weighted by Gasteiger charge is 2.20. The summed E-state index contributed by atoms with van der Waals surface area (Å²) >= 11 is 1.47. The van der Waals surface area contributed by atoms with Crippen LogP contribution in [-0.4, -0.2) is 44.4 Å². The van der Waals surface area contributed by atoms with Crippen LogP contribution in [0.2, 0.25) is 0 Å². The summed E-state index contributed by atoms with van der Waals surface area (Å²) in [4.78, 5) is 14.8. The van der Waals surface area contributed by atoms with Gasteiger partial charge in [-0.3, -0.25) is 9.36 Å². The standard InChI is InChI=1S/C24H28N4OS/c1-2-19-12-14-21(15-13-19)28-23(20-10-6-5-7-11-20)25-26-24(28)30-18-22(29)27-16-8-3-4-9-17-27/h5-7,10-15H,2-4,8-9,16-18H2,1H3. The van der Waals surface area contributed by atoms with Gasteiger partial charge in [-0.25, -0.2) is 0 Å².